The Morgan fingerprint density at radius 1 is 1.59 bits per heavy atom. The topological polar surface area (TPSA) is 46.5 Å². The molecule has 1 aliphatic heterocycles. The molecule has 0 spiro atoms. The summed E-state index contributed by atoms with van der Waals surface area (Å²) in [5.74, 6) is -0.803. The summed E-state index contributed by atoms with van der Waals surface area (Å²) in [4.78, 5) is 11.5. The largest absolute Gasteiger partial charge is 0.481 e. The molecule has 0 saturated carbocycles. The zero-order chi connectivity index (χ0) is 12.5. The van der Waals surface area contributed by atoms with E-state index in [1.54, 1.807) is 6.07 Å². The number of aliphatic carboxylic acids is 1. The van der Waals surface area contributed by atoms with Gasteiger partial charge >= 0.3 is 5.97 Å². The second-order valence-corrected chi connectivity index (χ2v) is 4.90. The summed E-state index contributed by atoms with van der Waals surface area (Å²) in [6.07, 6.45) is 0.675. The number of hydrogen-bond donors (Lipinski definition) is 1. The van der Waals surface area contributed by atoms with Gasteiger partial charge in [-0.3, -0.25) is 4.79 Å². The molecule has 0 bridgehead atoms. The minimum Gasteiger partial charge on any atom is -0.481 e. The zero-order valence-corrected chi connectivity index (χ0v) is 10.4. The molecule has 3 nitrogen and oxygen atoms in total. The van der Waals surface area contributed by atoms with E-state index in [1.165, 1.54) is 0 Å². The number of carboxylic acid groups (broad SMARTS) is 1. The summed E-state index contributed by atoms with van der Waals surface area (Å²) >= 11 is 6.08. The zero-order valence-electron chi connectivity index (χ0n) is 9.65. The van der Waals surface area contributed by atoms with Crippen LogP contribution in [0.1, 0.15) is 18.9 Å². The Morgan fingerprint density at radius 2 is 2.29 bits per heavy atom. The van der Waals surface area contributed by atoms with Crippen LogP contribution in [0.3, 0.4) is 0 Å². The van der Waals surface area contributed by atoms with Crippen LogP contribution in [0.15, 0.2) is 24.3 Å². The monoisotopic (exact) mass is 254 g/mol. The third-order valence-corrected chi connectivity index (χ3v) is 3.95. The van der Waals surface area contributed by atoms with E-state index in [0.29, 0.717) is 24.5 Å². The van der Waals surface area contributed by atoms with Gasteiger partial charge in [-0.1, -0.05) is 29.8 Å². The fraction of sp³-hybridized carbons (Fsp3) is 0.462. The molecular formula is C13H15ClO3. The number of hydrogen-bond acceptors (Lipinski definition) is 2. The Morgan fingerprint density at radius 3 is 2.82 bits per heavy atom. The Kier molecular flexibility index (Phi) is 3.40. The van der Waals surface area contributed by atoms with Crippen molar-refractivity contribution >= 4 is 17.6 Å². The first kappa shape index (κ1) is 12.4. The van der Waals surface area contributed by atoms with Crippen LogP contribution in [0, 0.1) is 5.41 Å². The highest BCUT2D eigenvalue weighted by Gasteiger charge is 2.48. The maximum absolute atomic E-state index is 11.5. The molecule has 2 unspecified atom stereocenters. The Hall–Kier alpha value is -1.06. The van der Waals surface area contributed by atoms with Crippen LogP contribution < -0.4 is 0 Å². The van der Waals surface area contributed by atoms with E-state index in [0.717, 1.165) is 5.56 Å². The predicted octanol–water partition coefficient (Wildman–Crippen LogP) is 2.76. The van der Waals surface area contributed by atoms with Crippen molar-refractivity contribution in [1.82, 2.24) is 0 Å². The van der Waals surface area contributed by atoms with E-state index >= 15 is 0 Å². The Bertz CT molecular complexity index is 432. The second kappa shape index (κ2) is 4.67. The van der Waals surface area contributed by atoms with Crippen molar-refractivity contribution in [3.8, 4) is 0 Å². The number of carboxylic acids is 1. The van der Waals surface area contributed by atoms with Crippen LogP contribution in [0.25, 0.3) is 0 Å². The van der Waals surface area contributed by atoms with Crippen molar-refractivity contribution in [2.24, 2.45) is 5.41 Å². The summed E-state index contributed by atoms with van der Waals surface area (Å²) < 4.78 is 5.42. The van der Waals surface area contributed by atoms with Gasteiger partial charge in [-0.05, 0) is 31.4 Å². The summed E-state index contributed by atoms with van der Waals surface area (Å²) in [6, 6.07) is 7.37. The van der Waals surface area contributed by atoms with Gasteiger partial charge in [0.2, 0.25) is 0 Å². The van der Waals surface area contributed by atoms with Gasteiger partial charge < -0.3 is 9.84 Å². The summed E-state index contributed by atoms with van der Waals surface area (Å²) in [5, 5.41) is 10.1. The van der Waals surface area contributed by atoms with Gasteiger partial charge in [-0.15, -0.1) is 0 Å². The lowest BCUT2D eigenvalue weighted by Gasteiger charge is -2.27. The van der Waals surface area contributed by atoms with Crippen LogP contribution in [0.4, 0.5) is 0 Å². The lowest BCUT2D eigenvalue weighted by atomic mass is 9.76. The molecule has 92 valence electrons. The molecule has 1 aromatic rings. The van der Waals surface area contributed by atoms with Gasteiger partial charge in [-0.2, -0.15) is 0 Å². The summed E-state index contributed by atoms with van der Waals surface area (Å²) in [5.41, 5.74) is 0.0271. The van der Waals surface area contributed by atoms with Crippen LogP contribution in [0.2, 0.25) is 5.02 Å². The van der Waals surface area contributed by atoms with Crippen molar-refractivity contribution in [1.29, 1.82) is 0 Å². The molecule has 1 N–H and O–H groups in total. The fourth-order valence-corrected chi connectivity index (χ4v) is 2.55. The van der Waals surface area contributed by atoms with Crippen LogP contribution in [0.5, 0.6) is 0 Å². The Labute approximate surface area is 105 Å². The first-order chi connectivity index (χ1) is 8.06. The van der Waals surface area contributed by atoms with E-state index in [-0.39, 0.29) is 6.10 Å². The van der Waals surface area contributed by atoms with Crippen molar-refractivity contribution in [2.45, 2.75) is 25.9 Å². The predicted molar refractivity (Wildman–Crippen MR) is 65.3 cm³/mol. The first-order valence-corrected chi connectivity index (χ1v) is 6.02. The van der Waals surface area contributed by atoms with Crippen molar-refractivity contribution in [2.75, 3.05) is 6.61 Å². The van der Waals surface area contributed by atoms with Crippen LogP contribution >= 0.6 is 11.6 Å². The molecule has 2 atom stereocenters. The molecule has 1 saturated heterocycles. The summed E-state index contributed by atoms with van der Waals surface area (Å²) in [7, 11) is 0. The minimum atomic E-state index is -0.842. The quantitative estimate of drug-likeness (QED) is 0.902. The lowest BCUT2D eigenvalue weighted by molar-refractivity contribution is -0.151. The van der Waals surface area contributed by atoms with Crippen molar-refractivity contribution < 1.29 is 14.6 Å². The lowest BCUT2D eigenvalue weighted by Crippen LogP contribution is -2.39. The molecular weight excluding hydrogens is 240 g/mol. The highest BCUT2D eigenvalue weighted by atomic mass is 35.5. The van der Waals surface area contributed by atoms with E-state index in [4.69, 9.17) is 16.3 Å². The molecule has 1 aromatic carbocycles. The van der Waals surface area contributed by atoms with Crippen LogP contribution in [-0.2, 0) is 16.0 Å². The number of benzene rings is 1. The highest BCUT2D eigenvalue weighted by Crippen LogP contribution is 2.39. The number of rotatable bonds is 3. The normalized spacial score (nSPS) is 28.2. The second-order valence-electron chi connectivity index (χ2n) is 4.49. The molecule has 1 heterocycles. The van der Waals surface area contributed by atoms with E-state index in [1.807, 2.05) is 25.1 Å². The van der Waals surface area contributed by atoms with E-state index in [9.17, 15) is 9.90 Å². The van der Waals surface area contributed by atoms with Gasteiger partial charge in [-0.25, -0.2) is 0 Å². The molecule has 1 aliphatic rings. The smallest absolute Gasteiger partial charge is 0.312 e. The standard InChI is InChI=1S/C13H15ClO3/c1-9-13(12(15)16,6-7-17-9)8-10-4-2-3-5-11(10)14/h2-5,9H,6-8H2,1H3,(H,15,16). The van der Waals surface area contributed by atoms with Gasteiger partial charge in [0, 0.05) is 11.6 Å². The maximum atomic E-state index is 11.5. The third kappa shape index (κ3) is 2.17. The molecule has 0 aromatic heterocycles. The Balaban J connectivity index is 2.31. The molecule has 17 heavy (non-hydrogen) atoms. The number of carbonyl (C=O) groups is 1. The van der Waals surface area contributed by atoms with Crippen LogP contribution in [-0.4, -0.2) is 23.8 Å². The first-order valence-electron chi connectivity index (χ1n) is 5.65. The van der Waals surface area contributed by atoms with Gasteiger partial charge in [0.1, 0.15) is 0 Å². The van der Waals surface area contributed by atoms with E-state index in [2.05, 4.69) is 0 Å². The average Bonchev–Trinajstić information content (AvgIpc) is 2.65. The van der Waals surface area contributed by atoms with Crippen molar-refractivity contribution in [3.05, 3.63) is 34.9 Å². The van der Waals surface area contributed by atoms with Gasteiger partial charge in [0.05, 0.1) is 11.5 Å². The van der Waals surface area contributed by atoms with E-state index < -0.39 is 11.4 Å². The van der Waals surface area contributed by atoms with Gasteiger partial charge in [0.25, 0.3) is 0 Å². The number of ether oxygens (including phenoxy) is 1. The summed E-state index contributed by atoms with van der Waals surface area (Å²) in [6.45, 7) is 2.32. The molecule has 0 amide bonds. The molecule has 0 aliphatic carbocycles. The highest BCUT2D eigenvalue weighted by molar-refractivity contribution is 6.31. The maximum Gasteiger partial charge on any atom is 0.312 e. The molecule has 0 radical (unpaired) electrons. The fourth-order valence-electron chi connectivity index (χ4n) is 2.35. The number of halogens is 1. The third-order valence-electron chi connectivity index (χ3n) is 3.58. The van der Waals surface area contributed by atoms with Crippen molar-refractivity contribution in [3.63, 3.8) is 0 Å². The SMILES string of the molecule is CC1OCCC1(Cc1ccccc1Cl)C(=O)O. The van der Waals surface area contributed by atoms with Gasteiger partial charge in [0.15, 0.2) is 0 Å². The molecule has 2 rings (SSSR count). The molecule has 4 heteroatoms. The minimum absolute atomic E-state index is 0.281. The molecule has 1 fully saturated rings. The average molecular weight is 255 g/mol.